The van der Waals surface area contributed by atoms with Gasteiger partial charge in [0.05, 0.1) is 27.8 Å². The van der Waals surface area contributed by atoms with Crippen LogP contribution in [0.5, 0.6) is 0 Å². The van der Waals surface area contributed by atoms with Gasteiger partial charge in [0.1, 0.15) is 11.2 Å². The second-order valence-corrected chi connectivity index (χ2v) is 14.2. The van der Waals surface area contributed by atoms with Crippen molar-refractivity contribution in [3.8, 4) is 45.4 Å². The summed E-state index contributed by atoms with van der Waals surface area (Å²) in [7, 11) is 0. The molecule has 6 heteroatoms. The molecule has 0 saturated heterocycles. The van der Waals surface area contributed by atoms with Crippen LogP contribution in [0, 0.1) is 0 Å². The molecule has 0 fully saturated rings. The third-order valence-corrected chi connectivity index (χ3v) is 11.1. The van der Waals surface area contributed by atoms with Crippen LogP contribution >= 0.6 is 0 Å². The van der Waals surface area contributed by atoms with Crippen LogP contribution in [0.2, 0.25) is 0 Å². The molecule has 0 N–H and O–H groups in total. The van der Waals surface area contributed by atoms with E-state index < -0.39 is 0 Å². The highest BCUT2D eigenvalue weighted by atomic mass is 16.4. The molecule has 0 unspecified atom stereocenters. The van der Waals surface area contributed by atoms with Crippen molar-refractivity contribution in [1.29, 1.82) is 0 Å². The van der Waals surface area contributed by atoms with Gasteiger partial charge in [-0.2, -0.15) is 0 Å². The number of hydrogen-bond acceptors (Lipinski definition) is 4. The van der Waals surface area contributed by atoms with Crippen LogP contribution in [-0.4, -0.2) is 19.3 Å². The molecular weight excluding hydrogens is 689 g/mol. The largest absolute Gasteiger partial charge is 0.456 e. The Hall–Kier alpha value is -7.70. The number of para-hydroxylation sites is 4. The second-order valence-electron chi connectivity index (χ2n) is 14.2. The fraction of sp³-hybridized carbons (Fsp3) is 0. The highest BCUT2D eigenvalue weighted by Crippen LogP contribution is 2.42. The van der Waals surface area contributed by atoms with Crippen LogP contribution in [-0.2, 0) is 0 Å². The Kier molecular flexibility index (Phi) is 6.53. The maximum absolute atomic E-state index is 6.51. The first kappa shape index (κ1) is 30.7. The van der Waals surface area contributed by atoms with E-state index in [1.54, 1.807) is 0 Å². The van der Waals surface area contributed by atoms with E-state index in [1.807, 2.05) is 42.5 Å². The van der Waals surface area contributed by atoms with Crippen LogP contribution < -0.4 is 0 Å². The van der Waals surface area contributed by atoms with Gasteiger partial charge in [0.15, 0.2) is 0 Å². The SMILES string of the molecule is c1ccc(-c2nnc(-c3ccc(-n4c5ccccc5c5cc(-c6cc7c(cc6-n6c8ccccc8c8ccccc86)oc6ccccc67)ccc54)cc3)o2)cc1. The van der Waals surface area contributed by atoms with Crippen LogP contribution in [0.4, 0.5) is 0 Å². The second kappa shape index (κ2) is 11.9. The molecule has 0 saturated carbocycles. The molecule has 56 heavy (non-hydrogen) atoms. The number of nitrogens with zero attached hydrogens (tertiary/aromatic N) is 4. The average molecular weight is 719 g/mol. The topological polar surface area (TPSA) is 61.9 Å². The summed E-state index contributed by atoms with van der Waals surface area (Å²) >= 11 is 0. The molecule has 0 bridgehead atoms. The van der Waals surface area contributed by atoms with Gasteiger partial charge < -0.3 is 18.0 Å². The van der Waals surface area contributed by atoms with E-state index in [0.29, 0.717) is 11.8 Å². The van der Waals surface area contributed by atoms with E-state index in [2.05, 4.69) is 159 Å². The van der Waals surface area contributed by atoms with Crippen molar-refractivity contribution in [2.45, 2.75) is 0 Å². The third kappa shape index (κ3) is 4.56. The molecular formula is C50H30N4O2. The Morgan fingerprint density at radius 2 is 0.875 bits per heavy atom. The first-order valence-electron chi connectivity index (χ1n) is 18.7. The van der Waals surface area contributed by atoms with Crippen molar-refractivity contribution in [3.63, 3.8) is 0 Å². The molecule has 12 rings (SSSR count). The molecule has 0 spiro atoms. The smallest absolute Gasteiger partial charge is 0.248 e. The van der Waals surface area contributed by atoms with Gasteiger partial charge in [-0.05, 0) is 84.4 Å². The number of benzene rings is 8. The van der Waals surface area contributed by atoms with Gasteiger partial charge in [-0.3, -0.25) is 0 Å². The maximum atomic E-state index is 6.51. The van der Waals surface area contributed by atoms with E-state index in [9.17, 15) is 0 Å². The molecule has 262 valence electrons. The molecule has 0 atom stereocenters. The highest BCUT2D eigenvalue weighted by Gasteiger charge is 2.21. The molecule has 6 nitrogen and oxygen atoms in total. The van der Waals surface area contributed by atoms with Crippen molar-refractivity contribution in [2.75, 3.05) is 0 Å². The van der Waals surface area contributed by atoms with Gasteiger partial charge in [0.25, 0.3) is 0 Å². The number of hydrogen-bond donors (Lipinski definition) is 0. The summed E-state index contributed by atoms with van der Waals surface area (Å²) in [4.78, 5) is 0. The van der Waals surface area contributed by atoms with Crippen molar-refractivity contribution in [2.24, 2.45) is 0 Å². The molecule has 12 aromatic rings. The Labute approximate surface area is 320 Å². The van der Waals surface area contributed by atoms with Gasteiger partial charge in [-0.25, -0.2) is 0 Å². The van der Waals surface area contributed by atoms with Gasteiger partial charge in [0, 0.05) is 60.8 Å². The Balaban J connectivity index is 1.05. The molecule has 0 aliphatic heterocycles. The molecule has 0 aliphatic carbocycles. The van der Waals surface area contributed by atoms with Crippen LogP contribution in [0.15, 0.2) is 191 Å². The zero-order valence-corrected chi connectivity index (χ0v) is 29.9. The van der Waals surface area contributed by atoms with Gasteiger partial charge >= 0.3 is 0 Å². The van der Waals surface area contributed by atoms with Crippen LogP contribution in [0.3, 0.4) is 0 Å². The van der Waals surface area contributed by atoms with E-state index in [0.717, 1.165) is 77.6 Å². The Bertz CT molecular complexity index is 3420. The van der Waals surface area contributed by atoms with E-state index in [-0.39, 0.29) is 0 Å². The van der Waals surface area contributed by atoms with Crippen molar-refractivity contribution >= 4 is 65.6 Å². The first-order valence-corrected chi connectivity index (χ1v) is 18.7. The van der Waals surface area contributed by atoms with Gasteiger partial charge in [-0.15, -0.1) is 10.2 Å². The lowest BCUT2D eigenvalue weighted by atomic mass is 9.98. The third-order valence-electron chi connectivity index (χ3n) is 11.1. The van der Waals surface area contributed by atoms with Gasteiger partial charge in [0.2, 0.25) is 11.8 Å². The maximum Gasteiger partial charge on any atom is 0.248 e. The summed E-state index contributed by atoms with van der Waals surface area (Å²) in [5.74, 6) is 0.994. The number of furan rings is 1. The summed E-state index contributed by atoms with van der Waals surface area (Å²) in [6, 6.07) is 63.9. The highest BCUT2D eigenvalue weighted by molar-refractivity contribution is 6.14. The fourth-order valence-electron chi connectivity index (χ4n) is 8.57. The monoisotopic (exact) mass is 718 g/mol. The van der Waals surface area contributed by atoms with E-state index in [4.69, 9.17) is 8.83 Å². The summed E-state index contributed by atoms with van der Waals surface area (Å²) in [6.07, 6.45) is 0. The summed E-state index contributed by atoms with van der Waals surface area (Å²) in [5.41, 5.74) is 12.5. The average Bonchev–Trinajstić information content (AvgIpc) is 4.05. The van der Waals surface area contributed by atoms with Crippen LogP contribution in [0.1, 0.15) is 0 Å². The molecule has 4 aromatic heterocycles. The lowest BCUT2D eigenvalue weighted by molar-refractivity contribution is 0.584. The number of rotatable bonds is 5. The van der Waals surface area contributed by atoms with Gasteiger partial charge in [-0.1, -0.05) is 97.1 Å². The van der Waals surface area contributed by atoms with Crippen molar-refractivity contribution in [1.82, 2.24) is 19.3 Å². The normalized spacial score (nSPS) is 11.9. The predicted molar refractivity (Wildman–Crippen MR) is 227 cm³/mol. The summed E-state index contributed by atoms with van der Waals surface area (Å²) in [6.45, 7) is 0. The summed E-state index contributed by atoms with van der Waals surface area (Å²) < 4.78 is 17.3. The van der Waals surface area contributed by atoms with E-state index >= 15 is 0 Å². The quantitative estimate of drug-likeness (QED) is 0.178. The predicted octanol–water partition coefficient (Wildman–Crippen LogP) is 13.2. The minimum absolute atomic E-state index is 0.490. The summed E-state index contributed by atoms with van der Waals surface area (Å²) in [5, 5.41) is 15.7. The first-order chi connectivity index (χ1) is 27.8. The molecule has 8 aromatic carbocycles. The Morgan fingerprint density at radius 1 is 0.339 bits per heavy atom. The van der Waals surface area contributed by atoms with Crippen molar-refractivity contribution in [3.05, 3.63) is 182 Å². The number of aromatic nitrogens is 4. The Morgan fingerprint density at radius 3 is 1.57 bits per heavy atom. The minimum Gasteiger partial charge on any atom is -0.456 e. The van der Waals surface area contributed by atoms with E-state index in [1.165, 1.54) is 21.5 Å². The number of fused-ring (bicyclic) bond motifs is 9. The molecule has 0 radical (unpaired) electrons. The molecule has 0 aliphatic rings. The lowest BCUT2D eigenvalue weighted by Crippen LogP contribution is -1.98. The molecule has 0 amide bonds. The fourth-order valence-corrected chi connectivity index (χ4v) is 8.57. The van der Waals surface area contributed by atoms with Crippen LogP contribution in [0.25, 0.3) is 111 Å². The lowest BCUT2D eigenvalue weighted by Gasteiger charge is -2.15. The van der Waals surface area contributed by atoms with Crippen molar-refractivity contribution < 1.29 is 8.83 Å². The zero-order valence-electron chi connectivity index (χ0n) is 29.9. The molecule has 4 heterocycles. The zero-order chi connectivity index (χ0) is 36.7. The minimum atomic E-state index is 0.490. The standard InChI is InChI=1S/C50H30N4O2/c1-2-12-31(13-3-1)49-51-52-50(56-49)32-22-25-34(26-23-32)53-42-18-8-6-16-37(42)40-28-33(24-27-45(40)53)39-29-41-38-17-7-11-21-47(38)55-48(41)30-46(39)54-43-19-9-4-14-35(43)36-15-5-10-20-44(36)54/h1-30H.